The average Bonchev–Trinajstić information content (AvgIpc) is 3.03. The van der Waals surface area contributed by atoms with Crippen molar-refractivity contribution in [2.24, 2.45) is 0 Å². The number of benzene rings is 1. The fraction of sp³-hybridized carbons (Fsp3) is 0.529. The molecule has 7 heteroatoms. The highest BCUT2D eigenvalue weighted by molar-refractivity contribution is 9.10. The highest BCUT2D eigenvalue weighted by atomic mass is 79.9. The first-order valence-corrected chi connectivity index (χ1v) is 9.32. The number of rotatable bonds is 3. The molecule has 6 nitrogen and oxygen atoms in total. The zero-order chi connectivity index (χ0) is 16.5. The maximum Gasteiger partial charge on any atom is 0.147 e. The van der Waals surface area contributed by atoms with E-state index in [2.05, 4.69) is 40.9 Å². The molecule has 0 radical (unpaired) electrons. The summed E-state index contributed by atoms with van der Waals surface area (Å²) in [6, 6.07) is 5.47. The number of hydrogen-bond acceptors (Lipinski definition) is 5. The van der Waals surface area contributed by atoms with Crippen molar-refractivity contribution in [3.8, 4) is 5.75 Å². The number of fused-ring (bicyclic) bond motifs is 1. The number of likely N-dealkylation sites (tertiary alicyclic amines) is 1. The molecule has 1 aromatic heterocycles. The van der Waals surface area contributed by atoms with Crippen LogP contribution in [0.1, 0.15) is 36.0 Å². The van der Waals surface area contributed by atoms with Crippen molar-refractivity contribution in [1.29, 1.82) is 0 Å². The van der Waals surface area contributed by atoms with E-state index in [1.165, 1.54) is 5.82 Å². The number of nitrogens with zero attached hydrogens (tertiary/aromatic N) is 4. The Morgan fingerprint density at radius 3 is 2.88 bits per heavy atom. The van der Waals surface area contributed by atoms with Gasteiger partial charge in [0.25, 0.3) is 0 Å². The van der Waals surface area contributed by atoms with Gasteiger partial charge in [0.05, 0.1) is 6.54 Å². The van der Waals surface area contributed by atoms with Crippen LogP contribution in [0.5, 0.6) is 5.75 Å². The van der Waals surface area contributed by atoms with Crippen molar-refractivity contribution < 1.29 is 5.11 Å². The zero-order valence-electron chi connectivity index (χ0n) is 13.6. The van der Waals surface area contributed by atoms with Crippen LogP contribution in [0.2, 0.25) is 0 Å². The lowest BCUT2D eigenvalue weighted by Crippen LogP contribution is -2.34. The summed E-state index contributed by atoms with van der Waals surface area (Å²) in [5.74, 6) is 3.08. The summed E-state index contributed by atoms with van der Waals surface area (Å²) in [6.45, 7) is 5.78. The standard InChI is InChI=1S/C17H22BrN5O/c18-15-2-1-14(24)9-13(15)11-22-6-3-12(4-7-22)17-21-20-16-10-19-5-8-23(16)17/h1-2,9,12,19,24H,3-8,10-11H2. The van der Waals surface area contributed by atoms with E-state index >= 15 is 0 Å². The number of aromatic hydroxyl groups is 1. The van der Waals surface area contributed by atoms with E-state index in [4.69, 9.17) is 0 Å². The van der Waals surface area contributed by atoms with Gasteiger partial charge in [-0.2, -0.15) is 0 Å². The van der Waals surface area contributed by atoms with Gasteiger partial charge in [0.1, 0.15) is 17.4 Å². The molecular weight excluding hydrogens is 370 g/mol. The molecule has 4 rings (SSSR count). The first kappa shape index (κ1) is 16.1. The van der Waals surface area contributed by atoms with Crippen LogP contribution < -0.4 is 5.32 Å². The molecule has 24 heavy (non-hydrogen) atoms. The van der Waals surface area contributed by atoms with Gasteiger partial charge in [-0.1, -0.05) is 15.9 Å². The Bertz CT molecular complexity index is 724. The topological polar surface area (TPSA) is 66.2 Å². The van der Waals surface area contributed by atoms with Crippen LogP contribution in [0.3, 0.4) is 0 Å². The summed E-state index contributed by atoms with van der Waals surface area (Å²) in [4.78, 5) is 2.45. The van der Waals surface area contributed by atoms with Crippen molar-refractivity contribution >= 4 is 15.9 Å². The molecule has 128 valence electrons. The van der Waals surface area contributed by atoms with E-state index in [0.29, 0.717) is 11.7 Å². The zero-order valence-corrected chi connectivity index (χ0v) is 15.2. The minimum Gasteiger partial charge on any atom is -0.508 e. The van der Waals surface area contributed by atoms with E-state index in [1.54, 1.807) is 6.07 Å². The number of hydrogen-bond donors (Lipinski definition) is 2. The number of aromatic nitrogens is 3. The van der Waals surface area contributed by atoms with Gasteiger partial charge in [-0.05, 0) is 49.7 Å². The molecule has 1 fully saturated rings. The number of phenolic OH excluding ortho intramolecular Hbond substituents is 1. The molecule has 2 N–H and O–H groups in total. The maximum atomic E-state index is 9.68. The maximum absolute atomic E-state index is 9.68. The van der Waals surface area contributed by atoms with E-state index in [-0.39, 0.29) is 0 Å². The van der Waals surface area contributed by atoms with Gasteiger partial charge >= 0.3 is 0 Å². The molecule has 0 bridgehead atoms. The fourth-order valence-electron chi connectivity index (χ4n) is 3.69. The molecule has 2 aromatic rings. The van der Waals surface area contributed by atoms with Gasteiger partial charge in [-0.15, -0.1) is 10.2 Å². The predicted molar refractivity (Wildman–Crippen MR) is 94.8 cm³/mol. The van der Waals surface area contributed by atoms with Crippen LogP contribution in [-0.4, -0.2) is 44.4 Å². The molecule has 0 spiro atoms. The molecule has 1 saturated heterocycles. The smallest absolute Gasteiger partial charge is 0.147 e. The number of halogens is 1. The number of piperidine rings is 1. The van der Waals surface area contributed by atoms with Gasteiger partial charge in [0.15, 0.2) is 0 Å². The van der Waals surface area contributed by atoms with Crippen LogP contribution in [0.4, 0.5) is 0 Å². The third-order valence-corrected chi connectivity index (χ3v) is 5.80. The van der Waals surface area contributed by atoms with Crippen molar-refractivity contribution in [2.45, 2.75) is 38.4 Å². The summed E-state index contributed by atoms with van der Waals surface area (Å²) >= 11 is 3.58. The summed E-state index contributed by atoms with van der Waals surface area (Å²) in [7, 11) is 0. The second-order valence-corrected chi connectivity index (χ2v) is 7.48. The predicted octanol–water partition coefficient (Wildman–Crippen LogP) is 2.23. The van der Waals surface area contributed by atoms with Gasteiger partial charge in [0.2, 0.25) is 0 Å². The van der Waals surface area contributed by atoms with E-state index in [9.17, 15) is 5.11 Å². The molecule has 2 aliphatic heterocycles. The molecule has 0 unspecified atom stereocenters. The molecule has 0 aliphatic carbocycles. The highest BCUT2D eigenvalue weighted by Crippen LogP contribution is 2.30. The highest BCUT2D eigenvalue weighted by Gasteiger charge is 2.27. The van der Waals surface area contributed by atoms with Crippen LogP contribution in [0.15, 0.2) is 22.7 Å². The van der Waals surface area contributed by atoms with Gasteiger partial charge in [-0.3, -0.25) is 4.90 Å². The number of phenols is 1. The third kappa shape index (κ3) is 3.20. The molecule has 0 atom stereocenters. The molecular formula is C17H22BrN5O. The van der Waals surface area contributed by atoms with Crippen molar-refractivity contribution in [3.63, 3.8) is 0 Å². The Kier molecular flexibility index (Phi) is 4.56. The Labute approximate surface area is 150 Å². The Morgan fingerprint density at radius 1 is 1.21 bits per heavy atom. The SMILES string of the molecule is Oc1ccc(Br)c(CN2CCC(c3nnc4n3CCNC4)CC2)c1. The van der Waals surface area contributed by atoms with Crippen molar-refractivity contribution in [1.82, 2.24) is 25.0 Å². The van der Waals surface area contributed by atoms with E-state index in [1.807, 2.05) is 12.1 Å². The largest absolute Gasteiger partial charge is 0.508 e. The van der Waals surface area contributed by atoms with Gasteiger partial charge in [-0.25, -0.2) is 0 Å². The first-order chi connectivity index (χ1) is 11.7. The van der Waals surface area contributed by atoms with Crippen molar-refractivity contribution in [3.05, 3.63) is 39.9 Å². The number of nitrogens with one attached hydrogen (secondary N) is 1. The summed E-state index contributed by atoms with van der Waals surface area (Å²) in [5, 5.41) is 21.8. The first-order valence-electron chi connectivity index (χ1n) is 8.53. The van der Waals surface area contributed by atoms with Gasteiger partial charge in [0, 0.05) is 30.0 Å². The lowest BCUT2D eigenvalue weighted by molar-refractivity contribution is 0.199. The van der Waals surface area contributed by atoms with Gasteiger partial charge < -0.3 is 15.0 Å². The second kappa shape index (κ2) is 6.82. The molecule has 3 heterocycles. The minimum absolute atomic E-state index is 0.326. The Morgan fingerprint density at radius 2 is 2.04 bits per heavy atom. The van der Waals surface area contributed by atoms with Crippen LogP contribution in [0, 0.1) is 0 Å². The van der Waals surface area contributed by atoms with Crippen molar-refractivity contribution in [2.75, 3.05) is 19.6 Å². The van der Waals surface area contributed by atoms with Crippen LogP contribution in [0.25, 0.3) is 0 Å². The Hall–Kier alpha value is -1.44. The normalized spacial score (nSPS) is 19.4. The summed E-state index contributed by atoms with van der Waals surface area (Å²) < 4.78 is 3.37. The third-order valence-electron chi connectivity index (χ3n) is 5.03. The molecule has 2 aliphatic rings. The van der Waals surface area contributed by atoms with E-state index < -0.39 is 0 Å². The molecule has 1 aromatic carbocycles. The summed E-state index contributed by atoms with van der Waals surface area (Å²) in [6.07, 6.45) is 2.23. The molecule has 0 amide bonds. The van der Waals surface area contributed by atoms with Crippen LogP contribution >= 0.6 is 15.9 Å². The fourth-order valence-corrected chi connectivity index (χ4v) is 4.06. The Balaban J connectivity index is 1.40. The van der Waals surface area contributed by atoms with Crippen LogP contribution in [-0.2, 0) is 19.6 Å². The lowest BCUT2D eigenvalue weighted by atomic mass is 9.95. The molecule has 0 saturated carbocycles. The monoisotopic (exact) mass is 391 g/mol. The minimum atomic E-state index is 0.326. The second-order valence-electron chi connectivity index (χ2n) is 6.63. The average molecular weight is 392 g/mol. The van der Waals surface area contributed by atoms with E-state index in [0.717, 1.165) is 68.0 Å². The lowest BCUT2D eigenvalue weighted by Gasteiger charge is -2.32. The quantitative estimate of drug-likeness (QED) is 0.839. The summed E-state index contributed by atoms with van der Waals surface area (Å²) in [5.41, 5.74) is 1.14.